The second-order valence-electron chi connectivity index (χ2n) is 11.7. The lowest BCUT2D eigenvalue weighted by Gasteiger charge is -2.55. The molecule has 0 saturated carbocycles. The molecule has 0 bridgehead atoms. The van der Waals surface area contributed by atoms with Crippen molar-refractivity contribution in [3.63, 3.8) is 0 Å². The first-order chi connectivity index (χ1) is 19.6. The maximum atomic E-state index is 12.5. The maximum Gasteiger partial charge on any atom is 0.319 e. The zero-order valence-corrected chi connectivity index (χ0v) is 24.9. The summed E-state index contributed by atoms with van der Waals surface area (Å²) in [4.78, 5) is 28.6. The number of nitrogens with zero attached hydrogens (tertiary/aromatic N) is 6. The van der Waals surface area contributed by atoms with Gasteiger partial charge in [0.15, 0.2) is 5.82 Å². The highest BCUT2D eigenvalue weighted by atomic mass is 16.5. The molecule has 2 fully saturated rings. The normalized spacial score (nSPS) is 17.0. The number of aryl methyl sites for hydroxylation is 2. The minimum absolute atomic E-state index is 0.0621. The Morgan fingerprint density at radius 2 is 2.00 bits per heavy atom. The van der Waals surface area contributed by atoms with Crippen LogP contribution in [0.3, 0.4) is 0 Å². The Morgan fingerprint density at radius 1 is 1.22 bits per heavy atom. The van der Waals surface area contributed by atoms with E-state index in [9.17, 15) is 9.90 Å². The summed E-state index contributed by atoms with van der Waals surface area (Å²) in [5.41, 5.74) is 4.32. The Balaban J connectivity index is 1.50. The SMILES string of the molecule is CNCC(O)COc1cccc(-c2nc(-c3c(C)noc3C)c(C)c(N3CCCC4(CN(C(=O)N(C)C)C4)C3)n2)c1. The van der Waals surface area contributed by atoms with Gasteiger partial charge in [-0.15, -0.1) is 0 Å². The Labute approximate surface area is 241 Å². The van der Waals surface area contributed by atoms with Crippen molar-refractivity contribution in [2.24, 2.45) is 5.41 Å². The third kappa shape index (κ3) is 5.87. The summed E-state index contributed by atoms with van der Waals surface area (Å²) >= 11 is 0. The number of hydrogen-bond acceptors (Lipinski definition) is 9. The van der Waals surface area contributed by atoms with Gasteiger partial charge < -0.3 is 34.4 Å². The van der Waals surface area contributed by atoms with Crippen LogP contribution < -0.4 is 15.0 Å². The zero-order valence-electron chi connectivity index (χ0n) is 24.9. The molecule has 3 aromatic rings. The fourth-order valence-corrected chi connectivity index (χ4v) is 6.05. The molecule has 2 aliphatic rings. The molecule has 5 rings (SSSR count). The largest absolute Gasteiger partial charge is 0.491 e. The van der Waals surface area contributed by atoms with E-state index in [4.69, 9.17) is 19.2 Å². The number of carbonyl (C=O) groups is 1. The van der Waals surface area contributed by atoms with Gasteiger partial charge in [-0.2, -0.15) is 0 Å². The topological polar surface area (TPSA) is 120 Å². The molecular weight excluding hydrogens is 522 g/mol. The van der Waals surface area contributed by atoms with Gasteiger partial charge in [-0.3, -0.25) is 0 Å². The van der Waals surface area contributed by atoms with Gasteiger partial charge >= 0.3 is 6.03 Å². The highest BCUT2D eigenvalue weighted by Gasteiger charge is 2.48. The first-order valence-corrected chi connectivity index (χ1v) is 14.2. The van der Waals surface area contributed by atoms with E-state index in [1.54, 1.807) is 26.0 Å². The van der Waals surface area contributed by atoms with Crippen LogP contribution in [-0.2, 0) is 0 Å². The van der Waals surface area contributed by atoms with Gasteiger partial charge in [0, 0.05) is 63.4 Å². The van der Waals surface area contributed by atoms with Crippen LogP contribution in [0.15, 0.2) is 28.8 Å². The van der Waals surface area contributed by atoms with Gasteiger partial charge in [-0.1, -0.05) is 17.3 Å². The van der Waals surface area contributed by atoms with E-state index < -0.39 is 6.10 Å². The molecule has 1 unspecified atom stereocenters. The number of nitrogens with one attached hydrogen (secondary N) is 1. The average Bonchev–Trinajstić information content (AvgIpc) is 3.28. The number of carbonyl (C=O) groups excluding carboxylic acids is 1. The summed E-state index contributed by atoms with van der Waals surface area (Å²) in [5.74, 6) is 2.82. The number of amides is 2. The number of likely N-dealkylation sites (N-methyl/N-ethyl adjacent to an activating group) is 1. The van der Waals surface area contributed by atoms with Gasteiger partial charge in [-0.25, -0.2) is 14.8 Å². The summed E-state index contributed by atoms with van der Waals surface area (Å²) in [5, 5.41) is 17.2. The molecule has 41 heavy (non-hydrogen) atoms. The lowest BCUT2D eigenvalue weighted by atomic mass is 9.73. The van der Waals surface area contributed by atoms with Crippen molar-refractivity contribution >= 4 is 11.8 Å². The molecular formula is C30H41N7O4. The van der Waals surface area contributed by atoms with E-state index >= 15 is 0 Å². The first kappa shape index (κ1) is 28.8. The van der Waals surface area contributed by atoms with Crippen molar-refractivity contribution in [1.29, 1.82) is 0 Å². The predicted molar refractivity (Wildman–Crippen MR) is 157 cm³/mol. The van der Waals surface area contributed by atoms with Gasteiger partial charge in [0.05, 0.1) is 17.0 Å². The minimum Gasteiger partial charge on any atom is -0.491 e. The Morgan fingerprint density at radius 3 is 2.68 bits per heavy atom. The second-order valence-corrected chi connectivity index (χ2v) is 11.7. The minimum atomic E-state index is -0.612. The monoisotopic (exact) mass is 563 g/mol. The highest BCUT2D eigenvalue weighted by molar-refractivity contribution is 5.76. The number of benzene rings is 1. The van der Waals surface area contributed by atoms with Gasteiger partial charge in [-0.05, 0) is 52.8 Å². The van der Waals surface area contributed by atoms with E-state index in [0.29, 0.717) is 23.9 Å². The van der Waals surface area contributed by atoms with Crippen LogP contribution >= 0.6 is 0 Å². The van der Waals surface area contributed by atoms with Crippen LogP contribution in [0.25, 0.3) is 22.6 Å². The van der Waals surface area contributed by atoms with Crippen LogP contribution in [0, 0.1) is 26.2 Å². The standard InChI is InChI=1S/C30H41N7O4/c1-19-26(25-20(2)34-41-21(25)3)32-27(22-9-7-10-24(13-22)40-15-23(38)14-31-4)33-28(19)36-12-8-11-30(16-36)17-37(18-30)29(39)35(5)6/h7,9-10,13,23,31,38H,8,11-12,14-18H2,1-6H3. The zero-order chi connectivity index (χ0) is 29.3. The maximum absolute atomic E-state index is 12.5. The van der Waals surface area contributed by atoms with E-state index in [0.717, 1.165) is 72.9 Å². The number of likely N-dealkylation sites (tertiary alicyclic amines) is 1. The summed E-state index contributed by atoms with van der Waals surface area (Å²) in [6, 6.07) is 7.72. The molecule has 11 heteroatoms. The Bertz CT molecular complexity index is 1380. The molecule has 1 spiro atoms. The molecule has 4 heterocycles. The van der Waals surface area contributed by atoms with Gasteiger partial charge in [0.25, 0.3) is 0 Å². The number of urea groups is 1. The second kappa shape index (κ2) is 11.7. The van der Waals surface area contributed by atoms with Crippen molar-refractivity contribution in [2.75, 3.05) is 65.4 Å². The molecule has 1 atom stereocenters. The van der Waals surface area contributed by atoms with Gasteiger partial charge in [0.1, 0.15) is 30.0 Å². The lowest BCUT2D eigenvalue weighted by molar-refractivity contribution is 0.0108. The lowest BCUT2D eigenvalue weighted by Crippen LogP contribution is -2.65. The molecule has 2 aliphatic heterocycles. The van der Waals surface area contributed by atoms with Crippen LogP contribution in [0.1, 0.15) is 29.9 Å². The predicted octanol–water partition coefficient (Wildman–Crippen LogP) is 3.27. The Hall–Kier alpha value is -3.70. The molecule has 11 nitrogen and oxygen atoms in total. The van der Waals surface area contributed by atoms with Crippen LogP contribution in [0.2, 0.25) is 0 Å². The number of ether oxygens (including phenoxy) is 1. The highest BCUT2D eigenvalue weighted by Crippen LogP contribution is 2.42. The van der Waals surface area contributed by atoms with Crippen molar-refractivity contribution < 1.29 is 19.2 Å². The molecule has 0 radical (unpaired) electrons. The fourth-order valence-electron chi connectivity index (χ4n) is 6.05. The average molecular weight is 564 g/mol. The molecule has 2 N–H and O–H groups in total. The molecule has 0 aliphatic carbocycles. The number of aliphatic hydroxyl groups is 1. The van der Waals surface area contributed by atoms with E-state index in [2.05, 4.69) is 22.3 Å². The summed E-state index contributed by atoms with van der Waals surface area (Å²) < 4.78 is 11.4. The number of anilines is 1. The van der Waals surface area contributed by atoms with Crippen LogP contribution in [-0.4, -0.2) is 103 Å². The number of rotatable bonds is 8. The smallest absolute Gasteiger partial charge is 0.319 e. The summed E-state index contributed by atoms with van der Waals surface area (Å²) in [6.45, 7) is 9.75. The molecule has 1 aromatic carbocycles. The summed E-state index contributed by atoms with van der Waals surface area (Å²) in [6.07, 6.45) is 1.51. The molecule has 2 amide bonds. The number of piperidine rings is 1. The third-order valence-electron chi connectivity index (χ3n) is 8.03. The van der Waals surface area contributed by atoms with Crippen molar-refractivity contribution in [2.45, 2.75) is 39.7 Å². The van der Waals surface area contributed by atoms with E-state index in [1.807, 2.05) is 43.0 Å². The quantitative estimate of drug-likeness (QED) is 0.425. The molecule has 2 aromatic heterocycles. The number of aromatic nitrogens is 3. The van der Waals surface area contributed by atoms with Crippen molar-refractivity contribution in [3.05, 3.63) is 41.3 Å². The Kier molecular flexibility index (Phi) is 8.19. The van der Waals surface area contributed by atoms with Crippen molar-refractivity contribution in [1.82, 2.24) is 30.2 Å². The first-order valence-electron chi connectivity index (χ1n) is 14.2. The summed E-state index contributed by atoms with van der Waals surface area (Å²) in [7, 11) is 5.39. The van der Waals surface area contributed by atoms with Crippen LogP contribution in [0.5, 0.6) is 5.75 Å². The molecule has 2 saturated heterocycles. The van der Waals surface area contributed by atoms with E-state index in [1.165, 1.54) is 0 Å². The molecule has 220 valence electrons. The van der Waals surface area contributed by atoms with Crippen molar-refractivity contribution in [3.8, 4) is 28.4 Å². The number of aliphatic hydroxyl groups excluding tert-OH is 1. The van der Waals surface area contributed by atoms with E-state index in [-0.39, 0.29) is 18.1 Å². The third-order valence-corrected chi connectivity index (χ3v) is 8.03. The van der Waals surface area contributed by atoms with Gasteiger partial charge in [0.2, 0.25) is 0 Å². The van der Waals surface area contributed by atoms with Crippen LogP contribution in [0.4, 0.5) is 10.6 Å². The fraction of sp³-hybridized carbons (Fsp3) is 0.533. The number of hydrogen-bond donors (Lipinski definition) is 2.